The molecule has 0 bridgehead atoms. The van der Waals surface area contributed by atoms with E-state index in [0.717, 1.165) is 5.56 Å². The van der Waals surface area contributed by atoms with E-state index in [4.69, 9.17) is 0 Å². The standard InChI is InChI=1S/C10H9IO2/c1-13-10(12)9-4-2-8(3-5-9)6-7-11/h2-7H,1H3. The maximum atomic E-state index is 11.0. The van der Waals surface area contributed by atoms with Crippen molar-refractivity contribution in [3.05, 3.63) is 39.5 Å². The number of carbonyl (C=O) groups is 1. The van der Waals surface area contributed by atoms with Crippen LogP contribution in [-0.4, -0.2) is 13.1 Å². The average Bonchev–Trinajstić information content (AvgIpc) is 2.18. The van der Waals surface area contributed by atoms with E-state index < -0.39 is 0 Å². The van der Waals surface area contributed by atoms with E-state index in [9.17, 15) is 4.79 Å². The number of hydrogen-bond donors (Lipinski definition) is 0. The van der Waals surface area contributed by atoms with Crippen molar-refractivity contribution in [2.24, 2.45) is 0 Å². The molecule has 0 aromatic heterocycles. The molecule has 0 aliphatic rings. The van der Waals surface area contributed by atoms with Gasteiger partial charge in [0.25, 0.3) is 0 Å². The lowest BCUT2D eigenvalue weighted by Gasteiger charge is -1.98. The maximum Gasteiger partial charge on any atom is 0.337 e. The summed E-state index contributed by atoms with van der Waals surface area (Å²) in [5.41, 5.74) is 1.65. The third kappa shape index (κ3) is 2.84. The third-order valence-electron chi connectivity index (χ3n) is 1.59. The Morgan fingerprint density at radius 2 is 2.00 bits per heavy atom. The van der Waals surface area contributed by atoms with Crippen molar-refractivity contribution in [1.29, 1.82) is 0 Å². The Bertz CT molecular complexity index is 314. The predicted molar refractivity (Wildman–Crippen MR) is 60.8 cm³/mol. The van der Waals surface area contributed by atoms with Crippen LogP contribution in [0.2, 0.25) is 0 Å². The normalized spacial score (nSPS) is 10.3. The summed E-state index contributed by atoms with van der Waals surface area (Å²) >= 11 is 2.15. The van der Waals surface area contributed by atoms with Crippen LogP contribution < -0.4 is 0 Å². The molecule has 13 heavy (non-hydrogen) atoms. The van der Waals surface area contributed by atoms with Crippen molar-refractivity contribution < 1.29 is 9.53 Å². The lowest BCUT2D eigenvalue weighted by atomic mass is 10.1. The Labute approximate surface area is 90.7 Å². The van der Waals surface area contributed by atoms with Crippen LogP contribution in [0.3, 0.4) is 0 Å². The van der Waals surface area contributed by atoms with Crippen LogP contribution in [0, 0.1) is 0 Å². The number of halogens is 1. The van der Waals surface area contributed by atoms with Crippen LogP contribution in [-0.2, 0) is 4.74 Å². The molecular formula is C10H9IO2. The predicted octanol–water partition coefficient (Wildman–Crippen LogP) is 2.88. The highest BCUT2D eigenvalue weighted by atomic mass is 127. The smallest absolute Gasteiger partial charge is 0.337 e. The fraction of sp³-hybridized carbons (Fsp3) is 0.100. The Hall–Kier alpha value is -0.840. The molecular weight excluding hydrogens is 279 g/mol. The zero-order valence-corrected chi connectivity index (χ0v) is 9.32. The average molecular weight is 288 g/mol. The quantitative estimate of drug-likeness (QED) is 0.618. The summed E-state index contributed by atoms with van der Waals surface area (Å²) in [6, 6.07) is 7.25. The molecule has 1 aromatic carbocycles. The van der Waals surface area contributed by atoms with Crippen molar-refractivity contribution >= 4 is 34.6 Å². The van der Waals surface area contributed by atoms with Gasteiger partial charge in [-0.15, -0.1) is 0 Å². The van der Waals surface area contributed by atoms with E-state index in [0.29, 0.717) is 5.56 Å². The van der Waals surface area contributed by atoms with Gasteiger partial charge in [0.2, 0.25) is 0 Å². The van der Waals surface area contributed by atoms with Gasteiger partial charge in [-0.05, 0) is 27.9 Å². The van der Waals surface area contributed by atoms with E-state index in [1.165, 1.54) is 7.11 Å². The number of esters is 1. The van der Waals surface area contributed by atoms with Crippen LogP contribution >= 0.6 is 22.6 Å². The molecule has 0 amide bonds. The third-order valence-corrected chi connectivity index (χ3v) is 1.95. The maximum absolute atomic E-state index is 11.0. The molecule has 0 spiro atoms. The van der Waals surface area contributed by atoms with Crippen molar-refractivity contribution in [1.82, 2.24) is 0 Å². The summed E-state index contributed by atoms with van der Waals surface area (Å²) in [4.78, 5) is 11.0. The minimum absolute atomic E-state index is 0.301. The fourth-order valence-electron chi connectivity index (χ4n) is 0.921. The van der Waals surface area contributed by atoms with Gasteiger partial charge >= 0.3 is 5.97 Å². The molecule has 0 saturated carbocycles. The highest BCUT2D eigenvalue weighted by Crippen LogP contribution is 2.08. The summed E-state index contributed by atoms with van der Waals surface area (Å²) < 4.78 is 6.50. The van der Waals surface area contributed by atoms with E-state index in [-0.39, 0.29) is 5.97 Å². The molecule has 0 aliphatic carbocycles. The SMILES string of the molecule is COC(=O)c1ccc(C=CI)cc1. The summed E-state index contributed by atoms with van der Waals surface area (Å²) in [7, 11) is 1.38. The van der Waals surface area contributed by atoms with Crippen molar-refractivity contribution in [2.75, 3.05) is 7.11 Å². The van der Waals surface area contributed by atoms with Crippen molar-refractivity contribution in [3.63, 3.8) is 0 Å². The molecule has 0 heterocycles. The van der Waals surface area contributed by atoms with Gasteiger partial charge in [-0.2, -0.15) is 0 Å². The Kier molecular flexibility index (Phi) is 3.95. The molecule has 68 valence electrons. The van der Waals surface area contributed by atoms with Crippen LogP contribution in [0.25, 0.3) is 6.08 Å². The van der Waals surface area contributed by atoms with Gasteiger partial charge in [0.15, 0.2) is 0 Å². The first-order chi connectivity index (χ1) is 6.27. The molecule has 3 heteroatoms. The first-order valence-corrected chi connectivity index (χ1v) is 4.97. The lowest BCUT2D eigenvalue weighted by Crippen LogP contribution is -2.00. The molecule has 0 N–H and O–H groups in total. The lowest BCUT2D eigenvalue weighted by molar-refractivity contribution is 0.0601. The summed E-state index contributed by atoms with van der Waals surface area (Å²) in [6.45, 7) is 0. The zero-order chi connectivity index (χ0) is 9.68. The molecule has 1 aromatic rings. The van der Waals surface area contributed by atoms with Gasteiger partial charge < -0.3 is 4.74 Å². The van der Waals surface area contributed by atoms with Gasteiger partial charge in [-0.25, -0.2) is 4.79 Å². The fourth-order valence-corrected chi connectivity index (χ4v) is 1.34. The zero-order valence-electron chi connectivity index (χ0n) is 7.16. The second-order valence-corrected chi connectivity index (χ2v) is 3.13. The molecule has 0 fully saturated rings. The number of rotatable bonds is 2. The molecule has 0 aliphatic heterocycles. The Balaban J connectivity index is 2.87. The largest absolute Gasteiger partial charge is 0.465 e. The van der Waals surface area contributed by atoms with E-state index in [1.807, 2.05) is 22.3 Å². The Morgan fingerprint density at radius 3 is 2.46 bits per heavy atom. The van der Waals surface area contributed by atoms with E-state index in [2.05, 4.69) is 27.3 Å². The van der Waals surface area contributed by atoms with E-state index in [1.54, 1.807) is 12.1 Å². The second kappa shape index (κ2) is 5.01. The van der Waals surface area contributed by atoms with Gasteiger partial charge in [0.05, 0.1) is 12.7 Å². The monoisotopic (exact) mass is 288 g/mol. The topological polar surface area (TPSA) is 26.3 Å². The Morgan fingerprint density at radius 1 is 1.38 bits per heavy atom. The highest BCUT2D eigenvalue weighted by molar-refractivity contribution is 14.1. The first kappa shape index (κ1) is 10.2. The molecule has 0 saturated heterocycles. The van der Waals surface area contributed by atoms with Crippen molar-refractivity contribution in [2.45, 2.75) is 0 Å². The van der Waals surface area contributed by atoms with Crippen LogP contribution in [0.5, 0.6) is 0 Å². The molecule has 0 atom stereocenters. The summed E-state index contributed by atoms with van der Waals surface area (Å²) in [5, 5.41) is 0. The summed E-state index contributed by atoms with van der Waals surface area (Å²) in [6.07, 6.45) is 1.96. The van der Waals surface area contributed by atoms with Crippen LogP contribution in [0.1, 0.15) is 15.9 Å². The van der Waals surface area contributed by atoms with Crippen molar-refractivity contribution in [3.8, 4) is 0 Å². The van der Waals surface area contributed by atoms with Gasteiger partial charge in [0.1, 0.15) is 0 Å². The molecule has 2 nitrogen and oxygen atoms in total. The summed E-state index contributed by atoms with van der Waals surface area (Å²) in [5.74, 6) is -0.301. The number of ether oxygens (including phenoxy) is 1. The minimum Gasteiger partial charge on any atom is -0.465 e. The van der Waals surface area contributed by atoms with E-state index >= 15 is 0 Å². The van der Waals surface area contributed by atoms with Gasteiger partial charge in [-0.1, -0.05) is 34.7 Å². The second-order valence-electron chi connectivity index (χ2n) is 2.41. The molecule has 1 rings (SSSR count). The minimum atomic E-state index is -0.301. The van der Waals surface area contributed by atoms with Gasteiger partial charge in [0, 0.05) is 0 Å². The molecule has 0 radical (unpaired) electrons. The number of carbonyl (C=O) groups excluding carboxylic acids is 1. The van der Waals surface area contributed by atoms with Crippen LogP contribution in [0.15, 0.2) is 28.3 Å². The number of benzene rings is 1. The van der Waals surface area contributed by atoms with Crippen LogP contribution in [0.4, 0.5) is 0 Å². The molecule has 0 unspecified atom stereocenters. The van der Waals surface area contributed by atoms with Gasteiger partial charge in [-0.3, -0.25) is 0 Å². The first-order valence-electron chi connectivity index (χ1n) is 3.73. The highest BCUT2D eigenvalue weighted by Gasteiger charge is 2.02. The number of methoxy groups -OCH3 is 1. The number of hydrogen-bond acceptors (Lipinski definition) is 2.